The number of ether oxygens (including phenoxy) is 2. The molecule has 2 aromatic heterocycles. The molecule has 0 saturated carbocycles. The minimum absolute atomic E-state index is 0.112. The number of rotatable bonds is 4. The van der Waals surface area contributed by atoms with Crippen LogP contribution in [-0.2, 0) is 4.74 Å². The van der Waals surface area contributed by atoms with Crippen LogP contribution in [0.4, 0.5) is 0 Å². The maximum Gasteiger partial charge on any atom is 0.138 e. The summed E-state index contributed by atoms with van der Waals surface area (Å²) in [5.74, 6) is 0.652. The molecular formula is C24H23N3O2. The van der Waals surface area contributed by atoms with Gasteiger partial charge in [-0.15, -0.1) is 0 Å². The molecule has 1 aliphatic carbocycles. The molecule has 3 heterocycles. The van der Waals surface area contributed by atoms with Crippen LogP contribution < -0.4 is 4.74 Å². The van der Waals surface area contributed by atoms with Gasteiger partial charge in [0.05, 0.1) is 18.8 Å². The second kappa shape index (κ2) is 7.73. The predicted octanol–water partition coefficient (Wildman–Crippen LogP) is 5.23. The van der Waals surface area contributed by atoms with Gasteiger partial charge < -0.3 is 14.5 Å². The summed E-state index contributed by atoms with van der Waals surface area (Å²) < 4.78 is 11.5. The first kappa shape index (κ1) is 18.0. The Morgan fingerprint density at radius 2 is 2.07 bits per heavy atom. The van der Waals surface area contributed by atoms with Crippen LogP contribution in [0.25, 0.3) is 27.7 Å². The van der Waals surface area contributed by atoms with E-state index in [1.807, 2.05) is 30.5 Å². The molecule has 2 aliphatic rings. The normalized spacial score (nSPS) is 17.3. The SMILES string of the molecule is N#Cc1cc(-c2ccnc3[nH]c(C4=CCCC4)cc23)ccc1OC1CCOCC1. The molecular weight excluding hydrogens is 362 g/mol. The zero-order chi connectivity index (χ0) is 19.6. The fourth-order valence-electron chi connectivity index (χ4n) is 4.23. The number of allylic oxidation sites excluding steroid dienone is 2. The van der Waals surface area contributed by atoms with E-state index >= 15 is 0 Å². The lowest BCUT2D eigenvalue weighted by Gasteiger charge is -2.23. The van der Waals surface area contributed by atoms with Crippen LogP contribution in [0.3, 0.4) is 0 Å². The second-order valence-corrected chi connectivity index (χ2v) is 7.68. The largest absolute Gasteiger partial charge is 0.489 e. The molecule has 0 radical (unpaired) electrons. The maximum absolute atomic E-state index is 9.70. The Labute approximate surface area is 170 Å². The Morgan fingerprint density at radius 1 is 1.17 bits per heavy atom. The first-order valence-electron chi connectivity index (χ1n) is 10.3. The van der Waals surface area contributed by atoms with Gasteiger partial charge in [-0.3, -0.25) is 0 Å². The maximum atomic E-state index is 9.70. The van der Waals surface area contributed by atoms with Gasteiger partial charge in [0.15, 0.2) is 0 Å². The highest BCUT2D eigenvalue weighted by Crippen LogP contribution is 2.35. The van der Waals surface area contributed by atoms with Crippen molar-refractivity contribution in [2.45, 2.75) is 38.2 Å². The van der Waals surface area contributed by atoms with Crippen molar-refractivity contribution in [2.75, 3.05) is 13.2 Å². The molecule has 0 bridgehead atoms. The van der Waals surface area contributed by atoms with E-state index in [2.05, 4.69) is 28.2 Å². The van der Waals surface area contributed by atoms with Crippen molar-refractivity contribution < 1.29 is 9.47 Å². The van der Waals surface area contributed by atoms with Gasteiger partial charge in [0, 0.05) is 30.1 Å². The Morgan fingerprint density at radius 3 is 2.86 bits per heavy atom. The number of H-pyrrole nitrogens is 1. The van der Waals surface area contributed by atoms with E-state index in [-0.39, 0.29) is 6.10 Å². The third-order valence-electron chi connectivity index (χ3n) is 5.79. The number of fused-ring (bicyclic) bond motifs is 1. The highest BCUT2D eigenvalue weighted by atomic mass is 16.5. The summed E-state index contributed by atoms with van der Waals surface area (Å²) in [4.78, 5) is 7.97. The molecule has 0 unspecified atom stereocenters. The third kappa shape index (κ3) is 3.52. The topological polar surface area (TPSA) is 70.9 Å². The predicted molar refractivity (Wildman–Crippen MR) is 113 cm³/mol. The molecule has 1 saturated heterocycles. The lowest BCUT2D eigenvalue weighted by Crippen LogP contribution is -2.26. The van der Waals surface area contributed by atoms with Gasteiger partial charge >= 0.3 is 0 Å². The van der Waals surface area contributed by atoms with Crippen LogP contribution in [0.15, 0.2) is 42.6 Å². The Kier molecular flexibility index (Phi) is 4.79. The van der Waals surface area contributed by atoms with Crippen LogP contribution in [0, 0.1) is 11.3 Å². The van der Waals surface area contributed by atoms with Crippen LogP contribution in [0.1, 0.15) is 43.4 Å². The molecule has 1 N–H and O–H groups in total. The molecule has 146 valence electrons. The van der Waals surface area contributed by atoms with Crippen LogP contribution in [0.2, 0.25) is 0 Å². The van der Waals surface area contributed by atoms with Gasteiger partial charge in [0.25, 0.3) is 0 Å². The summed E-state index contributed by atoms with van der Waals surface area (Å²) in [6, 6.07) is 12.4. The smallest absolute Gasteiger partial charge is 0.138 e. The number of pyridine rings is 1. The van der Waals surface area contributed by atoms with Gasteiger partial charge in [0.2, 0.25) is 0 Å². The first-order chi connectivity index (χ1) is 14.3. The van der Waals surface area contributed by atoms with Crippen molar-refractivity contribution in [3.8, 4) is 22.9 Å². The first-order valence-corrected chi connectivity index (χ1v) is 10.3. The minimum atomic E-state index is 0.112. The van der Waals surface area contributed by atoms with Crippen LogP contribution >= 0.6 is 0 Å². The van der Waals surface area contributed by atoms with Crippen molar-refractivity contribution in [1.82, 2.24) is 9.97 Å². The van der Waals surface area contributed by atoms with Gasteiger partial charge in [-0.2, -0.15) is 5.26 Å². The molecule has 1 aliphatic heterocycles. The lowest BCUT2D eigenvalue weighted by atomic mass is 10.0. The summed E-state index contributed by atoms with van der Waals surface area (Å²) in [5, 5.41) is 10.8. The van der Waals surface area contributed by atoms with E-state index < -0.39 is 0 Å². The van der Waals surface area contributed by atoms with E-state index in [1.165, 1.54) is 12.0 Å². The van der Waals surface area contributed by atoms with Crippen molar-refractivity contribution in [1.29, 1.82) is 5.26 Å². The van der Waals surface area contributed by atoms with Gasteiger partial charge in [-0.1, -0.05) is 12.1 Å². The molecule has 0 spiro atoms. The van der Waals surface area contributed by atoms with Crippen molar-refractivity contribution in [3.63, 3.8) is 0 Å². The summed E-state index contributed by atoms with van der Waals surface area (Å²) >= 11 is 0. The molecule has 1 aromatic carbocycles. The number of benzene rings is 1. The summed E-state index contributed by atoms with van der Waals surface area (Å²) in [5.41, 5.74) is 6.04. The molecule has 0 atom stereocenters. The van der Waals surface area contributed by atoms with E-state index in [0.29, 0.717) is 24.5 Å². The van der Waals surface area contributed by atoms with Gasteiger partial charge in [-0.25, -0.2) is 4.98 Å². The van der Waals surface area contributed by atoms with Gasteiger partial charge in [0.1, 0.15) is 23.6 Å². The number of nitrogens with zero attached hydrogens (tertiary/aromatic N) is 2. The van der Waals surface area contributed by atoms with E-state index in [4.69, 9.17) is 9.47 Å². The fourth-order valence-corrected chi connectivity index (χ4v) is 4.23. The van der Waals surface area contributed by atoms with Crippen LogP contribution in [0.5, 0.6) is 5.75 Å². The Balaban J connectivity index is 1.50. The zero-order valence-corrected chi connectivity index (χ0v) is 16.3. The number of hydrogen-bond acceptors (Lipinski definition) is 4. The summed E-state index contributed by atoms with van der Waals surface area (Å²) in [7, 11) is 0. The number of nitriles is 1. The highest BCUT2D eigenvalue weighted by molar-refractivity contribution is 5.95. The van der Waals surface area contributed by atoms with Crippen molar-refractivity contribution in [3.05, 3.63) is 53.9 Å². The quantitative estimate of drug-likeness (QED) is 0.668. The van der Waals surface area contributed by atoms with E-state index in [1.54, 1.807) is 0 Å². The number of hydrogen-bond donors (Lipinski definition) is 1. The Bertz CT molecular complexity index is 1120. The van der Waals surface area contributed by atoms with Gasteiger partial charge in [-0.05, 0) is 60.2 Å². The monoisotopic (exact) mass is 385 g/mol. The highest BCUT2D eigenvalue weighted by Gasteiger charge is 2.18. The molecule has 5 heteroatoms. The Hall–Kier alpha value is -3.10. The van der Waals surface area contributed by atoms with E-state index in [0.717, 1.165) is 53.5 Å². The number of aromatic amines is 1. The van der Waals surface area contributed by atoms with Crippen molar-refractivity contribution in [2.24, 2.45) is 0 Å². The van der Waals surface area contributed by atoms with E-state index in [9.17, 15) is 5.26 Å². The molecule has 3 aromatic rings. The van der Waals surface area contributed by atoms with Crippen LogP contribution in [-0.4, -0.2) is 29.3 Å². The summed E-state index contributed by atoms with van der Waals surface area (Å²) in [6.07, 6.45) is 9.43. The number of nitrogens with one attached hydrogen (secondary N) is 1. The molecule has 5 nitrogen and oxygen atoms in total. The summed E-state index contributed by atoms with van der Waals surface area (Å²) in [6.45, 7) is 1.43. The number of aromatic nitrogens is 2. The standard InChI is InChI=1S/C24H23N3O2/c25-15-18-13-17(5-6-23(18)29-19-8-11-28-12-9-19)20-7-10-26-24-21(20)14-22(27-24)16-3-1-2-4-16/h3,5-7,10,13-14,19H,1-2,4,8-9,11-12H2,(H,26,27). The fraction of sp³-hybridized carbons (Fsp3) is 0.333. The third-order valence-corrected chi connectivity index (χ3v) is 5.79. The zero-order valence-electron chi connectivity index (χ0n) is 16.3. The second-order valence-electron chi connectivity index (χ2n) is 7.68. The molecule has 1 fully saturated rings. The average molecular weight is 385 g/mol. The minimum Gasteiger partial charge on any atom is -0.489 e. The molecule has 0 amide bonds. The lowest BCUT2D eigenvalue weighted by molar-refractivity contribution is 0.0254. The molecule has 5 rings (SSSR count). The average Bonchev–Trinajstić information content (AvgIpc) is 3.44. The van der Waals surface area contributed by atoms with Crippen molar-refractivity contribution >= 4 is 16.6 Å². The molecule has 29 heavy (non-hydrogen) atoms.